The minimum absolute atomic E-state index is 0.905. The highest BCUT2D eigenvalue weighted by Crippen LogP contribution is 2.24. The fourth-order valence-electron chi connectivity index (χ4n) is 3.45. The monoisotopic (exact) mass is 337 g/mol. The van der Waals surface area contributed by atoms with E-state index in [9.17, 15) is 0 Å². The van der Waals surface area contributed by atoms with Crippen molar-refractivity contribution in [3.8, 4) is 0 Å². The Hall–Kier alpha value is -1.86. The lowest BCUT2D eigenvalue weighted by molar-refractivity contribution is -0.159. The molecule has 1 aliphatic heterocycles. The maximum atomic E-state index is 9.10. The molecule has 1 aromatic rings. The number of aryl methyl sites for hydroxylation is 1. The summed E-state index contributed by atoms with van der Waals surface area (Å²) in [6.07, 6.45) is 7.93. The van der Waals surface area contributed by atoms with Crippen LogP contribution in [0.25, 0.3) is 0 Å². The van der Waals surface area contributed by atoms with Gasteiger partial charge in [0.05, 0.1) is 0 Å². The van der Waals surface area contributed by atoms with Crippen LogP contribution in [0.3, 0.4) is 0 Å². The van der Waals surface area contributed by atoms with Gasteiger partial charge in [0.25, 0.3) is 0 Å². The van der Waals surface area contributed by atoms with Crippen LogP contribution in [0.5, 0.6) is 0 Å². The van der Waals surface area contributed by atoms with E-state index in [2.05, 4.69) is 39.7 Å². The van der Waals surface area contributed by atoms with Gasteiger partial charge >= 0.3 is 11.9 Å². The number of aliphatic carboxylic acids is 2. The largest absolute Gasteiger partial charge is 0.473 e. The molecule has 0 spiro atoms. The minimum atomic E-state index is -1.82. The zero-order chi connectivity index (χ0) is 17.5. The van der Waals surface area contributed by atoms with Crippen molar-refractivity contribution >= 4 is 11.9 Å². The van der Waals surface area contributed by atoms with Gasteiger partial charge in [0.15, 0.2) is 0 Å². The lowest BCUT2D eigenvalue weighted by Crippen LogP contribution is -2.49. The smallest absolute Gasteiger partial charge is 0.414 e. The number of rotatable bonds is 3. The van der Waals surface area contributed by atoms with E-state index >= 15 is 0 Å². The number of carboxylic acids is 2. The van der Waals surface area contributed by atoms with Crippen LogP contribution >= 0.6 is 0 Å². The molecular weight excluding hydrogens is 310 g/mol. The zero-order valence-electron chi connectivity index (χ0n) is 14.2. The Labute approximate surface area is 142 Å². The maximum Gasteiger partial charge on any atom is 0.414 e. The first-order chi connectivity index (χ1) is 11.5. The third-order valence-electron chi connectivity index (χ3n) is 4.87. The molecule has 0 bridgehead atoms. The Morgan fingerprint density at radius 2 is 1.67 bits per heavy atom. The number of carboxylic acid groups (broad SMARTS) is 2. The SMILES string of the molecule is Cn1cccc1CN1CCN(C2CCCC2)CC1.O=C(O)C(=O)O. The van der Waals surface area contributed by atoms with Crippen molar-refractivity contribution in [1.29, 1.82) is 0 Å². The summed E-state index contributed by atoms with van der Waals surface area (Å²) < 4.78 is 2.24. The van der Waals surface area contributed by atoms with E-state index in [1.807, 2.05) is 0 Å². The van der Waals surface area contributed by atoms with Gasteiger partial charge < -0.3 is 14.8 Å². The number of aromatic nitrogens is 1. The van der Waals surface area contributed by atoms with Gasteiger partial charge in [-0.05, 0) is 25.0 Å². The Morgan fingerprint density at radius 1 is 1.08 bits per heavy atom. The van der Waals surface area contributed by atoms with E-state index in [1.165, 1.54) is 57.6 Å². The molecule has 2 aliphatic rings. The predicted octanol–water partition coefficient (Wildman–Crippen LogP) is 1.24. The van der Waals surface area contributed by atoms with Gasteiger partial charge in [-0.3, -0.25) is 9.80 Å². The first-order valence-corrected chi connectivity index (χ1v) is 8.50. The quantitative estimate of drug-likeness (QED) is 0.807. The molecule has 0 aromatic carbocycles. The van der Waals surface area contributed by atoms with Gasteiger partial charge in [-0.1, -0.05) is 12.8 Å². The molecule has 1 aliphatic carbocycles. The van der Waals surface area contributed by atoms with Crippen LogP contribution in [0, 0.1) is 0 Å². The number of nitrogens with zero attached hydrogens (tertiary/aromatic N) is 3. The molecule has 2 N–H and O–H groups in total. The average molecular weight is 337 g/mol. The fraction of sp³-hybridized carbons (Fsp3) is 0.647. The fourth-order valence-corrected chi connectivity index (χ4v) is 3.45. The summed E-state index contributed by atoms with van der Waals surface area (Å²) in [7, 11) is 2.14. The lowest BCUT2D eigenvalue weighted by Gasteiger charge is -2.38. The van der Waals surface area contributed by atoms with Gasteiger partial charge in [-0.25, -0.2) is 9.59 Å². The van der Waals surface area contributed by atoms with Gasteiger partial charge in [0.1, 0.15) is 0 Å². The molecule has 1 aromatic heterocycles. The van der Waals surface area contributed by atoms with Crippen LogP contribution in [0.1, 0.15) is 31.4 Å². The van der Waals surface area contributed by atoms with Crippen LogP contribution in [-0.2, 0) is 23.2 Å². The molecule has 0 atom stereocenters. The van der Waals surface area contributed by atoms with Crippen molar-refractivity contribution < 1.29 is 19.8 Å². The van der Waals surface area contributed by atoms with E-state index < -0.39 is 11.9 Å². The lowest BCUT2D eigenvalue weighted by atomic mass is 10.2. The van der Waals surface area contributed by atoms with Crippen LogP contribution < -0.4 is 0 Å². The molecule has 0 unspecified atom stereocenters. The summed E-state index contributed by atoms with van der Waals surface area (Å²) >= 11 is 0. The molecule has 7 heteroatoms. The summed E-state index contributed by atoms with van der Waals surface area (Å²) in [5, 5.41) is 14.8. The first-order valence-electron chi connectivity index (χ1n) is 8.50. The minimum Gasteiger partial charge on any atom is -0.473 e. The number of carbonyl (C=O) groups is 2. The van der Waals surface area contributed by atoms with Crippen molar-refractivity contribution in [2.75, 3.05) is 26.2 Å². The Morgan fingerprint density at radius 3 is 2.12 bits per heavy atom. The molecule has 3 rings (SSSR count). The molecule has 7 nitrogen and oxygen atoms in total. The third kappa shape index (κ3) is 5.35. The molecule has 1 saturated heterocycles. The molecule has 2 heterocycles. The summed E-state index contributed by atoms with van der Waals surface area (Å²) in [6, 6.07) is 5.29. The molecule has 1 saturated carbocycles. The standard InChI is InChI=1S/C15H25N3.C2H2O4/c1-16-8-4-7-15(16)13-17-9-11-18(12-10-17)14-5-2-3-6-14;3-1(4)2(5)6/h4,7-8,14H,2-3,5-6,9-13H2,1H3;(H,3,4)(H,5,6). The van der Waals surface area contributed by atoms with Crippen molar-refractivity contribution in [2.24, 2.45) is 7.05 Å². The van der Waals surface area contributed by atoms with E-state index in [1.54, 1.807) is 0 Å². The van der Waals surface area contributed by atoms with Crippen molar-refractivity contribution in [1.82, 2.24) is 14.4 Å². The molecule has 134 valence electrons. The average Bonchev–Trinajstić information content (AvgIpc) is 3.21. The summed E-state index contributed by atoms with van der Waals surface area (Å²) in [4.78, 5) is 23.5. The maximum absolute atomic E-state index is 9.10. The van der Waals surface area contributed by atoms with Crippen LogP contribution in [-0.4, -0.2) is 68.7 Å². The topological polar surface area (TPSA) is 86.0 Å². The van der Waals surface area contributed by atoms with E-state index in [-0.39, 0.29) is 0 Å². The Kier molecular flexibility index (Phi) is 6.81. The zero-order valence-corrected chi connectivity index (χ0v) is 14.2. The van der Waals surface area contributed by atoms with Gasteiger partial charge in [0.2, 0.25) is 0 Å². The second-order valence-electron chi connectivity index (χ2n) is 6.47. The van der Waals surface area contributed by atoms with Gasteiger partial charge in [-0.2, -0.15) is 0 Å². The van der Waals surface area contributed by atoms with Crippen LogP contribution in [0.4, 0.5) is 0 Å². The molecular formula is C17H27N3O4. The molecule has 2 fully saturated rings. The van der Waals surface area contributed by atoms with E-state index in [0.717, 1.165) is 12.6 Å². The van der Waals surface area contributed by atoms with Crippen molar-refractivity contribution in [3.63, 3.8) is 0 Å². The number of hydrogen-bond acceptors (Lipinski definition) is 4. The van der Waals surface area contributed by atoms with Gasteiger partial charge in [-0.15, -0.1) is 0 Å². The summed E-state index contributed by atoms with van der Waals surface area (Å²) in [5.74, 6) is -3.65. The Balaban J connectivity index is 0.000000301. The Bertz CT molecular complexity index is 532. The highest BCUT2D eigenvalue weighted by atomic mass is 16.4. The van der Waals surface area contributed by atoms with Crippen LogP contribution in [0.15, 0.2) is 18.3 Å². The predicted molar refractivity (Wildman–Crippen MR) is 89.8 cm³/mol. The summed E-state index contributed by atoms with van der Waals surface area (Å²) in [6.45, 7) is 6.13. The highest BCUT2D eigenvalue weighted by molar-refractivity contribution is 6.27. The second-order valence-corrected chi connectivity index (χ2v) is 6.47. The number of piperazine rings is 1. The van der Waals surface area contributed by atoms with E-state index in [4.69, 9.17) is 19.8 Å². The second kappa shape index (κ2) is 8.84. The summed E-state index contributed by atoms with van der Waals surface area (Å²) in [5.41, 5.74) is 1.43. The number of hydrogen-bond donors (Lipinski definition) is 2. The normalized spacial score (nSPS) is 19.7. The first kappa shape index (κ1) is 18.5. The molecule has 0 amide bonds. The van der Waals surface area contributed by atoms with E-state index in [0.29, 0.717) is 0 Å². The molecule has 24 heavy (non-hydrogen) atoms. The third-order valence-corrected chi connectivity index (χ3v) is 4.87. The highest BCUT2D eigenvalue weighted by Gasteiger charge is 2.26. The van der Waals surface area contributed by atoms with Crippen molar-refractivity contribution in [2.45, 2.75) is 38.3 Å². The van der Waals surface area contributed by atoms with Gasteiger partial charge in [0, 0.05) is 57.7 Å². The van der Waals surface area contributed by atoms with Crippen molar-refractivity contribution in [3.05, 3.63) is 24.0 Å². The molecule has 0 radical (unpaired) electrons. The van der Waals surface area contributed by atoms with Crippen LogP contribution in [0.2, 0.25) is 0 Å².